The standard InChI is InChI=1S/C17H29NO4/c1-12-5-7-13(8-6-12)15(19)14-11-21-10-9-18(14)16(20)22-17(2,3)4/h12-14H,5-11H2,1-4H3. The first-order chi connectivity index (χ1) is 10.3. The first kappa shape index (κ1) is 17.3. The number of Topliss-reactive ketones (excluding diaryl/α,β-unsaturated/α-hetero) is 1. The zero-order valence-electron chi connectivity index (χ0n) is 14.3. The molecule has 1 saturated carbocycles. The molecule has 0 aromatic rings. The molecule has 5 nitrogen and oxygen atoms in total. The van der Waals surface area contributed by atoms with Gasteiger partial charge in [-0.1, -0.05) is 19.8 Å². The van der Waals surface area contributed by atoms with E-state index < -0.39 is 17.7 Å². The molecule has 1 heterocycles. The number of ketones is 1. The quantitative estimate of drug-likeness (QED) is 0.786. The maximum absolute atomic E-state index is 12.8. The second-order valence-electron chi connectivity index (χ2n) is 7.62. The van der Waals surface area contributed by atoms with Crippen LogP contribution in [-0.2, 0) is 14.3 Å². The summed E-state index contributed by atoms with van der Waals surface area (Å²) in [5, 5.41) is 0. The minimum absolute atomic E-state index is 0.0628. The molecule has 0 N–H and O–H groups in total. The van der Waals surface area contributed by atoms with Crippen molar-refractivity contribution in [2.24, 2.45) is 11.8 Å². The second kappa shape index (κ2) is 6.99. The summed E-state index contributed by atoms with van der Waals surface area (Å²) in [4.78, 5) is 26.7. The van der Waals surface area contributed by atoms with E-state index in [4.69, 9.17) is 9.47 Å². The molecule has 1 unspecified atom stereocenters. The van der Waals surface area contributed by atoms with Crippen LogP contribution in [0.2, 0.25) is 0 Å². The lowest BCUT2D eigenvalue weighted by atomic mass is 9.79. The van der Waals surface area contributed by atoms with Crippen molar-refractivity contribution in [3.05, 3.63) is 0 Å². The summed E-state index contributed by atoms with van der Waals surface area (Å²) in [6.45, 7) is 8.93. The summed E-state index contributed by atoms with van der Waals surface area (Å²) in [7, 11) is 0. The van der Waals surface area contributed by atoms with Crippen LogP contribution >= 0.6 is 0 Å². The molecule has 0 radical (unpaired) electrons. The van der Waals surface area contributed by atoms with Crippen molar-refractivity contribution in [2.45, 2.75) is 65.0 Å². The second-order valence-corrected chi connectivity index (χ2v) is 7.62. The number of ether oxygens (including phenoxy) is 2. The number of nitrogens with zero attached hydrogens (tertiary/aromatic N) is 1. The normalized spacial score (nSPS) is 30.0. The van der Waals surface area contributed by atoms with Gasteiger partial charge in [0.1, 0.15) is 11.6 Å². The molecule has 2 rings (SSSR count). The van der Waals surface area contributed by atoms with E-state index in [0.717, 1.165) is 25.7 Å². The zero-order chi connectivity index (χ0) is 16.3. The number of rotatable bonds is 2. The van der Waals surface area contributed by atoms with Gasteiger partial charge >= 0.3 is 6.09 Å². The van der Waals surface area contributed by atoms with Gasteiger partial charge in [-0.2, -0.15) is 0 Å². The number of carbonyl (C=O) groups is 2. The lowest BCUT2D eigenvalue weighted by molar-refractivity contribution is -0.135. The van der Waals surface area contributed by atoms with Crippen molar-refractivity contribution >= 4 is 11.9 Å². The Morgan fingerprint density at radius 1 is 1.14 bits per heavy atom. The van der Waals surface area contributed by atoms with Gasteiger partial charge in [-0.3, -0.25) is 9.69 Å². The van der Waals surface area contributed by atoms with Crippen molar-refractivity contribution < 1.29 is 19.1 Å². The van der Waals surface area contributed by atoms with E-state index in [9.17, 15) is 9.59 Å². The molecule has 5 heteroatoms. The molecule has 126 valence electrons. The fraction of sp³-hybridized carbons (Fsp3) is 0.882. The number of amides is 1. The lowest BCUT2D eigenvalue weighted by Crippen LogP contribution is -2.55. The average Bonchev–Trinajstić information content (AvgIpc) is 2.45. The largest absolute Gasteiger partial charge is 0.444 e. The van der Waals surface area contributed by atoms with Crippen molar-refractivity contribution in [1.29, 1.82) is 0 Å². The molecular formula is C17H29NO4. The molecule has 0 aromatic carbocycles. The van der Waals surface area contributed by atoms with Gasteiger partial charge in [-0.05, 0) is 39.5 Å². The number of hydrogen-bond donors (Lipinski definition) is 0. The predicted octanol–water partition coefficient (Wildman–Crippen LogP) is 3.02. The summed E-state index contributed by atoms with van der Waals surface area (Å²) >= 11 is 0. The molecule has 1 aliphatic carbocycles. The molecule has 1 amide bonds. The van der Waals surface area contributed by atoms with E-state index >= 15 is 0 Å². The van der Waals surface area contributed by atoms with E-state index in [-0.39, 0.29) is 11.7 Å². The maximum atomic E-state index is 12.8. The Morgan fingerprint density at radius 2 is 1.77 bits per heavy atom. The van der Waals surface area contributed by atoms with E-state index in [1.54, 1.807) is 4.90 Å². The lowest BCUT2D eigenvalue weighted by Gasteiger charge is -2.38. The van der Waals surface area contributed by atoms with Gasteiger partial charge < -0.3 is 9.47 Å². The SMILES string of the molecule is CC1CCC(C(=O)C2COCCN2C(=O)OC(C)(C)C)CC1. The molecule has 22 heavy (non-hydrogen) atoms. The zero-order valence-corrected chi connectivity index (χ0v) is 14.3. The maximum Gasteiger partial charge on any atom is 0.411 e. The summed E-state index contributed by atoms with van der Waals surface area (Å²) in [6, 6.07) is -0.484. The fourth-order valence-electron chi connectivity index (χ4n) is 3.20. The monoisotopic (exact) mass is 311 g/mol. The van der Waals surface area contributed by atoms with Crippen LogP contribution in [-0.4, -0.2) is 48.2 Å². The molecule has 1 saturated heterocycles. The van der Waals surface area contributed by atoms with Gasteiger partial charge in [0.25, 0.3) is 0 Å². The molecule has 2 aliphatic rings. The van der Waals surface area contributed by atoms with Crippen molar-refractivity contribution in [2.75, 3.05) is 19.8 Å². The summed E-state index contributed by atoms with van der Waals surface area (Å²) in [5.74, 6) is 0.916. The Bertz CT molecular complexity index is 407. The van der Waals surface area contributed by atoms with Gasteiger partial charge in [0, 0.05) is 12.5 Å². The van der Waals surface area contributed by atoms with Crippen LogP contribution in [0.3, 0.4) is 0 Å². The Hall–Kier alpha value is -1.10. The minimum atomic E-state index is -0.552. The molecule has 1 atom stereocenters. The molecule has 2 fully saturated rings. The van der Waals surface area contributed by atoms with Crippen molar-refractivity contribution in [3.8, 4) is 0 Å². The Kier molecular flexibility index (Phi) is 5.48. The number of hydrogen-bond acceptors (Lipinski definition) is 4. The number of morpholine rings is 1. The highest BCUT2D eigenvalue weighted by Gasteiger charge is 2.39. The van der Waals surface area contributed by atoms with E-state index in [2.05, 4.69) is 6.92 Å². The topological polar surface area (TPSA) is 55.8 Å². The van der Waals surface area contributed by atoms with Gasteiger partial charge in [0.15, 0.2) is 5.78 Å². The molecule has 1 aliphatic heterocycles. The highest BCUT2D eigenvalue weighted by atomic mass is 16.6. The van der Waals surface area contributed by atoms with Crippen molar-refractivity contribution in [1.82, 2.24) is 4.90 Å². The third-order valence-corrected chi connectivity index (χ3v) is 4.50. The molecule has 0 bridgehead atoms. The first-order valence-corrected chi connectivity index (χ1v) is 8.39. The summed E-state index contributed by atoms with van der Waals surface area (Å²) in [5.41, 5.74) is -0.552. The van der Waals surface area contributed by atoms with Gasteiger partial charge in [-0.15, -0.1) is 0 Å². The van der Waals surface area contributed by atoms with E-state index in [1.165, 1.54) is 0 Å². The van der Waals surface area contributed by atoms with Crippen LogP contribution in [0, 0.1) is 11.8 Å². The fourth-order valence-corrected chi connectivity index (χ4v) is 3.20. The van der Waals surface area contributed by atoms with E-state index in [1.807, 2.05) is 20.8 Å². The van der Waals surface area contributed by atoms with Crippen LogP contribution in [0.5, 0.6) is 0 Å². The first-order valence-electron chi connectivity index (χ1n) is 8.39. The molecule has 0 spiro atoms. The smallest absolute Gasteiger partial charge is 0.411 e. The molecule has 0 aromatic heterocycles. The third-order valence-electron chi connectivity index (χ3n) is 4.50. The van der Waals surface area contributed by atoms with Crippen molar-refractivity contribution in [3.63, 3.8) is 0 Å². The van der Waals surface area contributed by atoms with Crippen LogP contribution in [0.4, 0.5) is 4.79 Å². The van der Waals surface area contributed by atoms with Crippen LogP contribution in [0.25, 0.3) is 0 Å². The summed E-state index contributed by atoms with van der Waals surface area (Å²) < 4.78 is 10.9. The predicted molar refractivity (Wildman–Crippen MR) is 83.7 cm³/mol. The van der Waals surface area contributed by atoms with Crippen LogP contribution in [0.15, 0.2) is 0 Å². The number of carbonyl (C=O) groups excluding carboxylic acids is 2. The van der Waals surface area contributed by atoms with Gasteiger partial charge in [0.2, 0.25) is 0 Å². The third kappa shape index (κ3) is 4.45. The Labute approximate surface area is 133 Å². The van der Waals surface area contributed by atoms with Gasteiger partial charge in [0.05, 0.1) is 13.2 Å². The summed E-state index contributed by atoms with van der Waals surface area (Å²) in [6.07, 6.45) is 3.64. The Balaban J connectivity index is 2.02. The highest BCUT2D eigenvalue weighted by Crippen LogP contribution is 2.31. The minimum Gasteiger partial charge on any atom is -0.444 e. The van der Waals surface area contributed by atoms with E-state index in [0.29, 0.717) is 25.7 Å². The highest BCUT2D eigenvalue weighted by molar-refractivity contribution is 5.89. The molecular weight excluding hydrogens is 282 g/mol. The van der Waals surface area contributed by atoms with Crippen LogP contribution < -0.4 is 0 Å². The van der Waals surface area contributed by atoms with Gasteiger partial charge in [-0.25, -0.2) is 4.79 Å². The Morgan fingerprint density at radius 3 is 2.36 bits per heavy atom. The van der Waals surface area contributed by atoms with Crippen LogP contribution in [0.1, 0.15) is 53.4 Å². The average molecular weight is 311 g/mol.